The fourth-order valence-electron chi connectivity index (χ4n) is 2.21. The van der Waals surface area contributed by atoms with Crippen molar-refractivity contribution < 1.29 is 4.74 Å². The number of nitrogens with two attached hydrogens (primary N) is 1. The maximum Gasteiger partial charge on any atom is 0.139 e. The molecule has 0 aliphatic carbocycles. The van der Waals surface area contributed by atoms with E-state index < -0.39 is 0 Å². The zero-order valence-corrected chi connectivity index (χ0v) is 11.9. The van der Waals surface area contributed by atoms with Crippen molar-refractivity contribution in [2.75, 3.05) is 0 Å². The Morgan fingerprint density at radius 1 is 0.952 bits per heavy atom. The van der Waals surface area contributed by atoms with Crippen LogP contribution in [0.4, 0.5) is 0 Å². The molecule has 0 unspecified atom stereocenters. The molecule has 0 fully saturated rings. The summed E-state index contributed by atoms with van der Waals surface area (Å²) in [6.45, 7) is 0. The molecule has 0 saturated carbocycles. The third kappa shape index (κ3) is 2.69. The lowest BCUT2D eigenvalue weighted by Gasteiger charge is -2.12. The molecule has 0 heterocycles. The van der Waals surface area contributed by atoms with Crippen molar-refractivity contribution in [3.8, 4) is 11.5 Å². The van der Waals surface area contributed by atoms with Crippen molar-refractivity contribution in [1.29, 1.82) is 5.41 Å². The van der Waals surface area contributed by atoms with Crippen molar-refractivity contribution in [3.05, 3.63) is 71.2 Å². The van der Waals surface area contributed by atoms with Crippen LogP contribution in [0.3, 0.4) is 0 Å². The molecule has 21 heavy (non-hydrogen) atoms. The highest BCUT2D eigenvalue weighted by Crippen LogP contribution is 2.32. The number of benzene rings is 3. The van der Waals surface area contributed by atoms with Gasteiger partial charge >= 0.3 is 0 Å². The molecule has 0 atom stereocenters. The van der Waals surface area contributed by atoms with Crippen LogP contribution in [0, 0.1) is 5.41 Å². The Bertz CT molecular complexity index is 825. The second-order valence-electron chi connectivity index (χ2n) is 4.63. The van der Waals surface area contributed by atoms with Gasteiger partial charge in [0.05, 0.1) is 5.56 Å². The predicted molar refractivity (Wildman–Crippen MR) is 86.5 cm³/mol. The normalized spacial score (nSPS) is 10.5. The molecule has 0 saturated heterocycles. The van der Waals surface area contributed by atoms with Gasteiger partial charge in [0.2, 0.25) is 0 Å². The van der Waals surface area contributed by atoms with E-state index in [1.54, 1.807) is 18.2 Å². The smallest absolute Gasteiger partial charge is 0.139 e. The van der Waals surface area contributed by atoms with Gasteiger partial charge in [-0.05, 0) is 23.6 Å². The van der Waals surface area contributed by atoms with Crippen LogP contribution in [0.15, 0.2) is 60.7 Å². The zero-order valence-electron chi connectivity index (χ0n) is 11.1. The molecule has 3 nitrogen and oxygen atoms in total. The molecule has 0 bridgehead atoms. The van der Waals surface area contributed by atoms with Gasteiger partial charge < -0.3 is 10.5 Å². The molecule has 0 radical (unpaired) electrons. The van der Waals surface area contributed by atoms with Gasteiger partial charge in [-0.3, -0.25) is 5.41 Å². The fraction of sp³-hybridized carbons (Fsp3) is 0. The number of nitrogen functional groups attached to an aromatic ring is 1. The molecule has 4 heteroatoms. The Kier molecular flexibility index (Phi) is 3.50. The highest BCUT2D eigenvalue weighted by Gasteiger charge is 2.10. The van der Waals surface area contributed by atoms with Gasteiger partial charge in [0.25, 0.3) is 0 Å². The van der Waals surface area contributed by atoms with Gasteiger partial charge in [0.15, 0.2) is 0 Å². The van der Waals surface area contributed by atoms with Crippen LogP contribution < -0.4 is 10.5 Å². The van der Waals surface area contributed by atoms with Crippen LogP contribution in [-0.4, -0.2) is 5.84 Å². The molecule has 0 amide bonds. The molecule has 3 aromatic rings. The minimum absolute atomic E-state index is 0.0538. The number of nitrogens with one attached hydrogen (secondary N) is 1. The van der Waals surface area contributed by atoms with E-state index >= 15 is 0 Å². The highest BCUT2D eigenvalue weighted by atomic mass is 35.5. The molecule has 0 spiro atoms. The minimum Gasteiger partial charge on any atom is -0.456 e. The molecular formula is C17H13ClN2O. The van der Waals surface area contributed by atoms with Gasteiger partial charge in [-0.1, -0.05) is 48.0 Å². The summed E-state index contributed by atoms with van der Waals surface area (Å²) in [4.78, 5) is 0. The van der Waals surface area contributed by atoms with Crippen molar-refractivity contribution in [1.82, 2.24) is 0 Å². The van der Waals surface area contributed by atoms with Gasteiger partial charge in [0, 0.05) is 16.5 Å². The third-order valence-electron chi connectivity index (χ3n) is 3.20. The maximum atomic E-state index is 7.63. The molecule has 3 aromatic carbocycles. The Morgan fingerprint density at radius 3 is 2.52 bits per heavy atom. The first-order valence-corrected chi connectivity index (χ1v) is 6.82. The van der Waals surface area contributed by atoms with Crippen LogP contribution in [0.1, 0.15) is 5.56 Å². The summed E-state index contributed by atoms with van der Waals surface area (Å²) >= 11 is 6.01. The lowest BCUT2D eigenvalue weighted by molar-refractivity contribution is 0.487. The van der Waals surface area contributed by atoms with Gasteiger partial charge in [0.1, 0.15) is 17.3 Å². The molecular weight excluding hydrogens is 284 g/mol. The molecule has 0 aliphatic heterocycles. The summed E-state index contributed by atoms with van der Waals surface area (Å²) in [7, 11) is 0. The lowest BCUT2D eigenvalue weighted by Crippen LogP contribution is -2.12. The van der Waals surface area contributed by atoms with Gasteiger partial charge in [-0.15, -0.1) is 0 Å². The number of hydrogen-bond donors (Lipinski definition) is 2. The minimum atomic E-state index is -0.0538. The Morgan fingerprint density at radius 2 is 1.71 bits per heavy atom. The molecule has 0 aliphatic rings. The summed E-state index contributed by atoms with van der Waals surface area (Å²) in [5.41, 5.74) is 6.11. The quantitative estimate of drug-likeness (QED) is 0.549. The average molecular weight is 297 g/mol. The van der Waals surface area contributed by atoms with Crippen molar-refractivity contribution in [2.45, 2.75) is 0 Å². The van der Waals surface area contributed by atoms with E-state index in [0.717, 1.165) is 10.8 Å². The Labute approximate surface area is 127 Å². The standard InChI is InChI=1S/C17H13ClN2O/c18-12-8-9-14(17(19)20)16(10-12)21-15-7-3-5-11-4-1-2-6-13(11)15/h1-10H,(H3,19,20). The first-order valence-electron chi connectivity index (χ1n) is 6.45. The van der Waals surface area contributed by atoms with Crippen molar-refractivity contribution in [2.24, 2.45) is 5.73 Å². The Hall–Kier alpha value is -2.52. The summed E-state index contributed by atoms with van der Waals surface area (Å²) in [5.74, 6) is 1.13. The van der Waals surface area contributed by atoms with Crippen LogP contribution >= 0.6 is 11.6 Å². The van der Waals surface area contributed by atoms with Crippen LogP contribution in [0.25, 0.3) is 10.8 Å². The maximum absolute atomic E-state index is 7.63. The van der Waals surface area contributed by atoms with Crippen LogP contribution in [0.2, 0.25) is 5.02 Å². The molecule has 3 rings (SSSR count). The summed E-state index contributed by atoms with van der Waals surface area (Å²) in [6.07, 6.45) is 0. The van der Waals surface area contributed by atoms with E-state index in [9.17, 15) is 0 Å². The topological polar surface area (TPSA) is 59.1 Å². The number of rotatable bonds is 3. The SMILES string of the molecule is N=C(N)c1ccc(Cl)cc1Oc1cccc2ccccc12. The van der Waals surface area contributed by atoms with E-state index in [1.165, 1.54) is 0 Å². The monoisotopic (exact) mass is 296 g/mol. The highest BCUT2D eigenvalue weighted by molar-refractivity contribution is 6.30. The van der Waals surface area contributed by atoms with Crippen LogP contribution in [0.5, 0.6) is 11.5 Å². The number of hydrogen-bond acceptors (Lipinski definition) is 2. The van der Waals surface area contributed by atoms with Crippen molar-refractivity contribution in [3.63, 3.8) is 0 Å². The second-order valence-corrected chi connectivity index (χ2v) is 5.07. The number of amidine groups is 1. The molecule has 104 valence electrons. The molecule has 3 N–H and O–H groups in total. The van der Waals surface area contributed by atoms with E-state index in [1.807, 2.05) is 42.5 Å². The molecule has 0 aromatic heterocycles. The number of halogens is 1. The summed E-state index contributed by atoms with van der Waals surface area (Å²) in [6, 6.07) is 18.8. The van der Waals surface area contributed by atoms with E-state index in [-0.39, 0.29) is 5.84 Å². The van der Waals surface area contributed by atoms with E-state index in [0.29, 0.717) is 22.1 Å². The third-order valence-corrected chi connectivity index (χ3v) is 3.44. The van der Waals surface area contributed by atoms with Gasteiger partial charge in [-0.2, -0.15) is 0 Å². The average Bonchev–Trinajstić information content (AvgIpc) is 2.47. The summed E-state index contributed by atoms with van der Waals surface area (Å²) < 4.78 is 5.96. The lowest BCUT2D eigenvalue weighted by atomic mass is 10.1. The van der Waals surface area contributed by atoms with Crippen molar-refractivity contribution >= 4 is 28.2 Å². The first kappa shape index (κ1) is 13.5. The van der Waals surface area contributed by atoms with Crippen LogP contribution in [-0.2, 0) is 0 Å². The van der Waals surface area contributed by atoms with E-state index in [4.69, 9.17) is 27.5 Å². The predicted octanol–water partition coefficient (Wildman–Crippen LogP) is 4.57. The number of fused-ring (bicyclic) bond motifs is 1. The first-order chi connectivity index (χ1) is 10.1. The van der Waals surface area contributed by atoms with Gasteiger partial charge in [-0.25, -0.2) is 0 Å². The van der Waals surface area contributed by atoms with E-state index in [2.05, 4.69) is 0 Å². The Balaban J connectivity index is 2.11. The largest absolute Gasteiger partial charge is 0.456 e. The summed E-state index contributed by atoms with van der Waals surface area (Å²) in [5, 5.41) is 10.2. The number of ether oxygens (including phenoxy) is 1. The second kappa shape index (κ2) is 5.46. The fourth-order valence-corrected chi connectivity index (χ4v) is 2.37. The zero-order chi connectivity index (χ0) is 14.8.